The molecule has 0 spiro atoms. The van der Waals surface area contributed by atoms with E-state index >= 15 is 0 Å². The third-order valence-corrected chi connectivity index (χ3v) is 4.47. The largest absolute Gasteiger partial charge is 0.465 e. The van der Waals surface area contributed by atoms with Gasteiger partial charge in [-0.25, -0.2) is 9.78 Å². The lowest BCUT2D eigenvalue weighted by molar-refractivity contribution is 0.0606. The van der Waals surface area contributed by atoms with Gasteiger partial charge in [-0.1, -0.05) is 38.0 Å². The number of hydrogen-bond donors (Lipinski definition) is 0. The second-order valence-electron chi connectivity index (χ2n) is 5.48. The van der Waals surface area contributed by atoms with E-state index in [4.69, 9.17) is 4.74 Å². The summed E-state index contributed by atoms with van der Waals surface area (Å²) in [7, 11) is 1.41. The average molecular weight is 282 g/mol. The van der Waals surface area contributed by atoms with Crippen LogP contribution in [0.15, 0.2) is 6.20 Å². The molecule has 106 valence electrons. The molecule has 0 aliphatic heterocycles. The van der Waals surface area contributed by atoms with Gasteiger partial charge in [-0.3, -0.25) is 0 Å². The molecule has 0 unspecified atom stereocenters. The van der Waals surface area contributed by atoms with Crippen LogP contribution in [0.3, 0.4) is 0 Å². The molecule has 5 heteroatoms. The van der Waals surface area contributed by atoms with Crippen LogP contribution >= 0.6 is 11.3 Å². The van der Waals surface area contributed by atoms with Crippen molar-refractivity contribution >= 4 is 22.4 Å². The Morgan fingerprint density at radius 2 is 2.21 bits per heavy atom. The van der Waals surface area contributed by atoms with Crippen LogP contribution in [0.5, 0.6) is 0 Å². The second kappa shape index (κ2) is 6.37. The highest BCUT2D eigenvalue weighted by Gasteiger charge is 2.26. The van der Waals surface area contributed by atoms with E-state index in [9.17, 15) is 4.79 Å². The number of aromatic nitrogens is 1. The van der Waals surface area contributed by atoms with Gasteiger partial charge in [-0.2, -0.15) is 0 Å². The zero-order chi connectivity index (χ0) is 13.8. The highest BCUT2D eigenvalue weighted by atomic mass is 32.1. The first kappa shape index (κ1) is 14.3. The molecule has 0 bridgehead atoms. The van der Waals surface area contributed by atoms with Crippen molar-refractivity contribution in [2.24, 2.45) is 5.92 Å². The minimum atomic E-state index is -0.292. The second-order valence-corrected chi connectivity index (χ2v) is 6.49. The molecule has 1 aliphatic rings. The highest BCUT2D eigenvalue weighted by molar-refractivity contribution is 7.17. The number of esters is 1. The Labute approximate surface area is 118 Å². The molecule has 1 aromatic rings. The Morgan fingerprint density at radius 1 is 1.53 bits per heavy atom. The average Bonchev–Trinajstić information content (AvgIpc) is 3.05. The van der Waals surface area contributed by atoms with E-state index in [1.54, 1.807) is 6.20 Å². The number of rotatable bonds is 5. The Kier molecular flexibility index (Phi) is 4.80. The lowest BCUT2D eigenvalue weighted by Crippen LogP contribution is -2.36. The van der Waals surface area contributed by atoms with Gasteiger partial charge in [-0.05, 0) is 18.8 Å². The van der Waals surface area contributed by atoms with E-state index in [1.807, 2.05) is 0 Å². The maximum Gasteiger partial charge on any atom is 0.349 e. The van der Waals surface area contributed by atoms with Gasteiger partial charge in [0.15, 0.2) is 5.13 Å². The lowest BCUT2D eigenvalue weighted by Gasteiger charge is -2.30. The summed E-state index contributed by atoms with van der Waals surface area (Å²) in [6.45, 7) is 5.44. The number of methoxy groups -OCH3 is 1. The van der Waals surface area contributed by atoms with Crippen molar-refractivity contribution in [1.82, 2.24) is 4.98 Å². The van der Waals surface area contributed by atoms with Crippen LogP contribution in [-0.2, 0) is 4.74 Å². The predicted octanol–water partition coefficient (Wildman–Crippen LogP) is 3.33. The molecule has 2 rings (SSSR count). The van der Waals surface area contributed by atoms with E-state index in [0.717, 1.165) is 11.7 Å². The maximum absolute atomic E-state index is 11.5. The van der Waals surface area contributed by atoms with Crippen molar-refractivity contribution in [2.75, 3.05) is 18.6 Å². The molecule has 0 aromatic carbocycles. The van der Waals surface area contributed by atoms with Crippen molar-refractivity contribution in [3.8, 4) is 0 Å². The van der Waals surface area contributed by atoms with Gasteiger partial charge in [0.25, 0.3) is 0 Å². The number of carbonyl (C=O) groups is 1. The summed E-state index contributed by atoms with van der Waals surface area (Å²) in [6, 6.07) is 0.582. The highest BCUT2D eigenvalue weighted by Crippen LogP contribution is 2.32. The summed E-state index contributed by atoms with van der Waals surface area (Å²) >= 11 is 1.44. The van der Waals surface area contributed by atoms with E-state index in [-0.39, 0.29) is 5.97 Å². The van der Waals surface area contributed by atoms with Crippen LogP contribution in [0.25, 0.3) is 0 Å². The summed E-state index contributed by atoms with van der Waals surface area (Å²) < 4.78 is 4.75. The minimum Gasteiger partial charge on any atom is -0.465 e. The molecular weight excluding hydrogens is 260 g/mol. The smallest absolute Gasteiger partial charge is 0.349 e. The van der Waals surface area contributed by atoms with Gasteiger partial charge in [0.05, 0.1) is 13.3 Å². The van der Waals surface area contributed by atoms with Crippen molar-refractivity contribution < 1.29 is 9.53 Å². The van der Waals surface area contributed by atoms with Crippen LogP contribution < -0.4 is 4.90 Å². The Bertz CT molecular complexity index is 425. The zero-order valence-corrected chi connectivity index (χ0v) is 12.7. The molecule has 0 atom stereocenters. The predicted molar refractivity (Wildman–Crippen MR) is 77.9 cm³/mol. The summed E-state index contributed by atoms with van der Waals surface area (Å²) in [4.78, 5) is 18.9. The first-order valence-corrected chi connectivity index (χ1v) is 7.74. The van der Waals surface area contributed by atoms with Gasteiger partial charge in [-0.15, -0.1) is 0 Å². The number of thiazole rings is 1. The molecule has 1 heterocycles. The molecule has 0 radical (unpaired) electrons. The zero-order valence-electron chi connectivity index (χ0n) is 11.9. The molecule has 4 nitrogen and oxygen atoms in total. The number of ether oxygens (including phenoxy) is 1. The van der Waals surface area contributed by atoms with Crippen LogP contribution in [0.2, 0.25) is 0 Å². The lowest BCUT2D eigenvalue weighted by atomic mass is 10.1. The summed E-state index contributed by atoms with van der Waals surface area (Å²) in [5.74, 6) is 0.297. The van der Waals surface area contributed by atoms with Gasteiger partial charge in [0.2, 0.25) is 0 Å². The Morgan fingerprint density at radius 3 is 2.79 bits per heavy atom. The Balaban J connectivity index is 2.17. The summed E-state index contributed by atoms with van der Waals surface area (Å²) in [6.07, 6.45) is 6.71. The van der Waals surface area contributed by atoms with Crippen molar-refractivity contribution in [1.29, 1.82) is 0 Å². The van der Waals surface area contributed by atoms with Crippen molar-refractivity contribution in [2.45, 2.75) is 45.6 Å². The van der Waals surface area contributed by atoms with Gasteiger partial charge < -0.3 is 9.64 Å². The third kappa shape index (κ3) is 3.47. The molecule has 1 fully saturated rings. The van der Waals surface area contributed by atoms with E-state index in [1.165, 1.54) is 44.1 Å². The van der Waals surface area contributed by atoms with Crippen LogP contribution in [-0.4, -0.2) is 30.6 Å². The number of anilines is 1. The molecule has 0 N–H and O–H groups in total. The Hall–Kier alpha value is -1.10. The summed E-state index contributed by atoms with van der Waals surface area (Å²) in [5.41, 5.74) is 0. The molecule has 1 aromatic heterocycles. The topological polar surface area (TPSA) is 42.4 Å². The fraction of sp³-hybridized carbons (Fsp3) is 0.714. The number of nitrogens with zero attached hydrogens (tertiary/aromatic N) is 2. The SMILES string of the molecule is COC(=O)c1cnc(N(CC(C)C)C2CCCC2)s1. The van der Waals surface area contributed by atoms with Crippen LogP contribution in [0.4, 0.5) is 5.13 Å². The molecule has 0 saturated heterocycles. The van der Waals surface area contributed by atoms with Crippen LogP contribution in [0, 0.1) is 5.92 Å². The van der Waals surface area contributed by atoms with E-state index in [0.29, 0.717) is 16.8 Å². The minimum absolute atomic E-state index is 0.292. The number of carbonyl (C=O) groups excluding carboxylic acids is 1. The van der Waals surface area contributed by atoms with E-state index in [2.05, 4.69) is 23.7 Å². The van der Waals surface area contributed by atoms with Gasteiger partial charge >= 0.3 is 5.97 Å². The van der Waals surface area contributed by atoms with E-state index < -0.39 is 0 Å². The molecular formula is C14H22N2O2S. The van der Waals surface area contributed by atoms with Crippen molar-refractivity contribution in [3.63, 3.8) is 0 Å². The first-order chi connectivity index (χ1) is 9.11. The van der Waals surface area contributed by atoms with Gasteiger partial charge in [0.1, 0.15) is 4.88 Å². The fourth-order valence-electron chi connectivity index (χ4n) is 2.59. The molecule has 1 aliphatic carbocycles. The normalized spacial score (nSPS) is 16.0. The van der Waals surface area contributed by atoms with Crippen molar-refractivity contribution in [3.05, 3.63) is 11.1 Å². The molecule has 19 heavy (non-hydrogen) atoms. The fourth-order valence-corrected chi connectivity index (χ4v) is 3.50. The molecule has 0 amide bonds. The standard InChI is InChI=1S/C14H22N2O2S/c1-10(2)9-16(11-6-4-5-7-11)14-15-8-12(19-14)13(17)18-3/h8,10-11H,4-7,9H2,1-3H3. The monoisotopic (exact) mass is 282 g/mol. The summed E-state index contributed by atoms with van der Waals surface area (Å²) in [5, 5.41) is 0.959. The van der Waals surface area contributed by atoms with Gasteiger partial charge in [0, 0.05) is 12.6 Å². The quantitative estimate of drug-likeness (QED) is 0.777. The first-order valence-electron chi connectivity index (χ1n) is 6.92. The van der Waals surface area contributed by atoms with Crippen LogP contribution in [0.1, 0.15) is 49.2 Å². The number of hydrogen-bond acceptors (Lipinski definition) is 5. The third-order valence-electron chi connectivity index (χ3n) is 3.45. The molecule has 1 saturated carbocycles. The maximum atomic E-state index is 11.5.